The summed E-state index contributed by atoms with van der Waals surface area (Å²) in [4.78, 5) is 6.06. The number of hydrogen-bond acceptors (Lipinski definition) is 4. The molecule has 1 atom stereocenters. The van der Waals surface area contributed by atoms with Crippen LogP contribution in [-0.4, -0.2) is 10.5 Å². The van der Waals surface area contributed by atoms with Gasteiger partial charge in [-0.05, 0) is 52.8 Å². The van der Waals surface area contributed by atoms with Gasteiger partial charge in [-0.3, -0.25) is 0 Å². The van der Waals surface area contributed by atoms with E-state index in [1.165, 1.54) is 30.6 Å². The SMILES string of the molecule is C1=CC2=c3ccccc3=CCC23NC(=CC=Cc2nc4ccccc4s2)SC3=C1. The van der Waals surface area contributed by atoms with Gasteiger partial charge in [0.2, 0.25) is 0 Å². The minimum atomic E-state index is -0.122. The zero-order valence-corrected chi connectivity index (χ0v) is 17.3. The molecule has 1 aromatic heterocycles. The summed E-state index contributed by atoms with van der Waals surface area (Å²) >= 11 is 3.56. The first-order chi connectivity index (χ1) is 14.3. The highest BCUT2D eigenvalue weighted by Gasteiger charge is 2.44. The van der Waals surface area contributed by atoms with E-state index in [1.54, 1.807) is 11.3 Å². The summed E-state index contributed by atoms with van der Waals surface area (Å²) in [5.41, 5.74) is 2.32. The number of nitrogens with zero attached hydrogens (tertiary/aromatic N) is 1. The number of allylic oxidation sites excluding steroid dienone is 4. The second-order valence-electron chi connectivity index (χ2n) is 7.34. The number of thiazole rings is 1. The molecule has 2 heterocycles. The predicted octanol–water partition coefficient (Wildman–Crippen LogP) is 4.71. The predicted molar refractivity (Wildman–Crippen MR) is 126 cm³/mol. The van der Waals surface area contributed by atoms with Crippen LogP contribution in [0.2, 0.25) is 0 Å². The standard InChI is InChI=1S/C25H18N2S2/c1-2-8-18-17(7-1)15-16-25-19(18)9-5-12-22(25)29-24(27-25)14-6-13-23-26-20-10-3-4-11-21(20)28-23/h1-15,27H,16H2. The summed E-state index contributed by atoms with van der Waals surface area (Å²) in [6, 6.07) is 17.0. The average molecular weight is 411 g/mol. The molecule has 2 aliphatic carbocycles. The van der Waals surface area contributed by atoms with Crippen molar-refractivity contribution in [1.29, 1.82) is 0 Å². The summed E-state index contributed by atoms with van der Waals surface area (Å²) < 4.78 is 1.23. The zero-order chi connectivity index (χ0) is 19.3. The molecule has 0 bridgehead atoms. The van der Waals surface area contributed by atoms with Crippen molar-refractivity contribution in [3.8, 4) is 0 Å². The lowest BCUT2D eigenvalue weighted by molar-refractivity contribution is 0.590. The molecule has 1 spiro atoms. The second-order valence-corrected chi connectivity index (χ2v) is 9.49. The van der Waals surface area contributed by atoms with E-state index in [1.807, 2.05) is 17.8 Å². The highest BCUT2D eigenvalue weighted by molar-refractivity contribution is 8.07. The van der Waals surface area contributed by atoms with Gasteiger partial charge in [-0.2, -0.15) is 0 Å². The highest BCUT2D eigenvalue weighted by Crippen LogP contribution is 2.49. The molecule has 6 rings (SSSR count). The summed E-state index contributed by atoms with van der Waals surface area (Å²) in [5.74, 6) is 0. The number of rotatable bonds is 2. The quantitative estimate of drug-likeness (QED) is 0.662. The summed E-state index contributed by atoms with van der Waals surface area (Å²) in [5, 5.41) is 8.72. The van der Waals surface area contributed by atoms with E-state index in [2.05, 4.69) is 95.3 Å². The van der Waals surface area contributed by atoms with E-state index in [0.29, 0.717) is 0 Å². The molecule has 0 radical (unpaired) electrons. The third-order valence-electron chi connectivity index (χ3n) is 5.62. The Labute approximate surface area is 177 Å². The van der Waals surface area contributed by atoms with Crippen molar-refractivity contribution in [1.82, 2.24) is 10.3 Å². The smallest absolute Gasteiger partial charge is 0.117 e. The Hall–Kier alpha value is -2.82. The van der Waals surface area contributed by atoms with Crippen molar-refractivity contribution in [3.63, 3.8) is 0 Å². The molecule has 3 aromatic rings. The maximum absolute atomic E-state index is 4.68. The first-order valence-corrected chi connectivity index (χ1v) is 11.3. The van der Waals surface area contributed by atoms with Crippen molar-refractivity contribution < 1.29 is 0 Å². The molecule has 1 N–H and O–H groups in total. The number of fused-ring (bicyclic) bond motifs is 2. The van der Waals surface area contributed by atoms with Crippen LogP contribution in [0.3, 0.4) is 0 Å². The Morgan fingerprint density at radius 3 is 2.93 bits per heavy atom. The van der Waals surface area contributed by atoms with Gasteiger partial charge < -0.3 is 5.32 Å². The van der Waals surface area contributed by atoms with Crippen LogP contribution >= 0.6 is 23.1 Å². The van der Waals surface area contributed by atoms with E-state index >= 15 is 0 Å². The van der Waals surface area contributed by atoms with Gasteiger partial charge in [0.25, 0.3) is 0 Å². The van der Waals surface area contributed by atoms with Crippen LogP contribution in [0.15, 0.2) is 88.8 Å². The van der Waals surface area contributed by atoms with Gasteiger partial charge >= 0.3 is 0 Å². The molecule has 1 fully saturated rings. The van der Waals surface area contributed by atoms with Gasteiger partial charge in [0, 0.05) is 4.91 Å². The summed E-state index contributed by atoms with van der Waals surface area (Å²) in [7, 11) is 0. The first kappa shape index (κ1) is 17.1. The Morgan fingerprint density at radius 1 is 1.07 bits per heavy atom. The third-order valence-corrected chi connectivity index (χ3v) is 7.79. The molecule has 140 valence electrons. The lowest BCUT2D eigenvalue weighted by Gasteiger charge is -2.35. The van der Waals surface area contributed by atoms with Crippen molar-refractivity contribution in [3.05, 3.63) is 104 Å². The maximum atomic E-state index is 4.68. The van der Waals surface area contributed by atoms with Crippen LogP contribution in [0.5, 0.6) is 0 Å². The molecule has 4 heteroatoms. The Kier molecular flexibility index (Phi) is 3.89. The Balaban J connectivity index is 1.34. The van der Waals surface area contributed by atoms with E-state index in [-0.39, 0.29) is 5.54 Å². The third kappa shape index (κ3) is 2.75. The first-order valence-electron chi connectivity index (χ1n) is 9.71. The van der Waals surface area contributed by atoms with E-state index in [0.717, 1.165) is 16.9 Å². The largest absolute Gasteiger partial charge is 0.365 e. The molecule has 29 heavy (non-hydrogen) atoms. The van der Waals surface area contributed by atoms with Crippen LogP contribution in [-0.2, 0) is 0 Å². The molecule has 2 nitrogen and oxygen atoms in total. The Bertz CT molecular complexity index is 1350. The van der Waals surface area contributed by atoms with Crippen molar-refractivity contribution >= 4 is 51.0 Å². The fourth-order valence-corrected chi connectivity index (χ4v) is 6.33. The molecule has 2 aromatic carbocycles. The second kappa shape index (κ2) is 6.61. The molecular formula is C25H18N2S2. The van der Waals surface area contributed by atoms with Crippen molar-refractivity contribution in [2.45, 2.75) is 12.0 Å². The monoisotopic (exact) mass is 410 g/mol. The zero-order valence-electron chi connectivity index (χ0n) is 15.6. The van der Waals surface area contributed by atoms with Gasteiger partial charge in [-0.15, -0.1) is 11.3 Å². The van der Waals surface area contributed by atoms with E-state index in [4.69, 9.17) is 0 Å². The van der Waals surface area contributed by atoms with Gasteiger partial charge in [0.15, 0.2) is 0 Å². The number of hydrogen-bond donors (Lipinski definition) is 1. The van der Waals surface area contributed by atoms with Crippen LogP contribution < -0.4 is 15.8 Å². The number of thioether (sulfide) groups is 1. The van der Waals surface area contributed by atoms with E-state index < -0.39 is 0 Å². The lowest BCUT2D eigenvalue weighted by atomic mass is 9.78. The highest BCUT2D eigenvalue weighted by atomic mass is 32.2. The molecule has 0 saturated carbocycles. The average Bonchev–Trinajstić information content (AvgIpc) is 3.33. The number of nitrogens with one attached hydrogen (secondary N) is 1. The lowest BCUT2D eigenvalue weighted by Crippen LogP contribution is -2.49. The molecule has 1 aliphatic heterocycles. The van der Waals surface area contributed by atoms with Crippen LogP contribution in [0.4, 0.5) is 0 Å². The summed E-state index contributed by atoms with van der Waals surface area (Å²) in [6.07, 6.45) is 16.4. The molecular weight excluding hydrogens is 392 g/mol. The molecule has 1 unspecified atom stereocenters. The molecule has 0 amide bonds. The van der Waals surface area contributed by atoms with Crippen LogP contribution in [0.25, 0.3) is 27.9 Å². The molecule has 3 aliphatic rings. The van der Waals surface area contributed by atoms with Gasteiger partial charge in [-0.25, -0.2) is 4.98 Å². The Morgan fingerprint density at radius 2 is 1.97 bits per heavy atom. The van der Waals surface area contributed by atoms with Gasteiger partial charge in [0.1, 0.15) is 5.01 Å². The number of aromatic nitrogens is 1. The normalized spacial score (nSPS) is 23.5. The topological polar surface area (TPSA) is 24.9 Å². The van der Waals surface area contributed by atoms with Crippen molar-refractivity contribution in [2.75, 3.05) is 0 Å². The van der Waals surface area contributed by atoms with Crippen LogP contribution in [0.1, 0.15) is 11.4 Å². The fourth-order valence-electron chi connectivity index (χ4n) is 4.27. The van der Waals surface area contributed by atoms with Gasteiger partial charge in [0.05, 0.1) is 20.8 Å². The fraction of sp³-hybridized carbons (Fsp3) is 0.0800. The maximum Gasteiger partial charge on any atom is 0.117 e. The summed E-state index contributed by atoms with van der Waals surface area (Å²) in [6.45, 7) is 0. The minimum Gasteiger partial charge on any atom is -0.365 e. The number of benzene rings is 2. The van der Waals surface area contributed by atoms with E-state index in [9.17, 15) is 0 Å². The van der Waals surface area contributed by atoms with Crippen molar-refractivity contribution in [2.24, 2.45) is 0 Å². The number of para-hydroxylation sites is 1. The minimum absolute atomic E-state index is 0.122. The molecule has 1 saturated heterocycles. The van der Waals surface area contributed by atoms with Crippen LogP contribution in [0, 0.1) is 0 Å². The van der Waals surface area contributed by atoms with Gasteiger partial charge in [-0.1, -0.05) is 72.5 Å².